The lowest BCUT2D eigenvalue weighted by atomic mass is 10.0. The number of aromatic nitrogens is 2. The molecular weight excluding hydrogens is 394 g/mol. The highest BCUT2D eigenvalue weighted by Gasteiger charge is 2.15. The van der Waals surface area contributed by atoms with E-state index in [0.717, 1.165) is 0 Å². The van der Waals surface area contributed by atoms with E-state index in [9.17, 15) is 13.6 Å². The molecule has 1 aromatic heterocycles. The van der Waals surface area contributed by atoms with Crippen LogP contribution in [-0.2, 0) is 0 Å². The average molecular weight is 414 g/mol. The number of rotatable bonds is 7. The molecule has 0 aliphatic rings. The number of benzene rings is 2. The fraction of sp³-hybridized carbons (Fsp3) is 0.190. The maximum Gasteiger partial charge on any atom is 0.387 e. The van der Waals surface area contributed by atoms with Crippen LogP contribution in [0.3, 0.4) is 0 Å². The number of amides is 1. The van der Waals surface area contributed by atoms with Crippen LogP contribution >= 0.6 is 0 Å². The summed E-state index contributed by atoms with van der Waals surface area (Å²) >= 11 is 0. The van der Waals surface area contributed by atoms with Crippen molar-refractivity contribution in [2.24, 2.45) is 0 Å². The topological polar surface area (TPSA) is 76.6 Å². The minimum absolute atomic E-state index is 0.0108. The van der Waals surface area contributed by atoms with E-state index in [1.165, 1.54) is 19.2 Å². The SMILES string of the molecule is COc1ccc(-c2cc(NC(=O)c3ccc(N(C)C)nn3)ccc2OC(F)F)cc1. The molecule has 156 valence electrons. The van der Waals surface area contributed by atoms with Gasteiger partial charge in [-0.25, -0.2) is 0 Å². The molecule has 0 aliphatic carbocycles. The fourth-order valence-corrected chi connectivity index (χ4v) is 2.68. The lowest BCUT2D eigenvalue weighted by Crippen LogP contribution is -2.17. The van der Waals surface area contributed by atoms with E-state index < -0.39 is 12.5 Å². The Bertz CT molecular complexity index is 1010. The smallest absolute Gasteiger partial charge is 0.387 e. The highest BCUT2D eigenvalue weighted by atomic mass is 19.3. The van der Waals surface area contributed by atoms with Gasteiger partial charge in [0, 0.05) is 25.3 Å². The first kappa shape index (κ1) is 21.0. The molecule has 7 nitrogen and oxygen atoms in total. The lowest BCUT2D eigenvalue weighted by molar-refractivity contribution is -0.0494. The highest BCUT2D eigenvalue weighted by Crippen LogP contribution is 2.34. The third-order valence-corrected chi connectivity index (χ3v) is 4.20. The first-order valence-corrected chi connectivity index (χ1v) is 8.93. The molecule has 0 bridgehead atoms. The number of nitrogens with one attached hydrogen (secondary N) is 1. The molecule has 1 amide bonds. The number of alkyl halides is 2. The molecular formula is C21H20F2N4O3. The molecule has 0 saturated heterocycles. The zero-order valence-electron chi connectivity index (χ0n) is 16.6. The number of hydrogen-bond donors (Lipinski definition) is 1. The summed E-state index contributed by atoms with van der Waals surface area (Å²) in [6, 6.07) is 14.5. The summed E-state index contributed by atoms with van der Waals surface area (Å²) in [5.41, 5.74) is 1.54. The largest absolute Gasteiger partial charge is 0.497 e. The van der Waals surface area contributed by atoms with Crippen LogP contribution in [0.2, 0.25) is 0 Å². The Morgan fingerprint density at radius 2 is 1.77 bits per heavy atom. The van der Waals surface area contributed by atoms with Crippen molar-refractivity contribution in [1.29, 1.82) is 0 Å². The molecule has 0 atom stereocenters. The summed E-state index contributed by atoms with van der Waals surface area (Å²) < 4.78 is 35.4. The normalized spacial score (nSPS) is 10.6. The van der Waals surface area contributed by atoms with E-state index in [1.807, 2.05) is 14.1 Å². The minimum atomic E-state index is -2.98. The van der Waals surface area contributed by atoms with Gasteiger partial charge in [-0.1, -0.05) is 12.1 Å². The Kier molecular flexibility index (Phi) is 6.41. The van der Waals surface area contributed by atoms with Crippen molar-refractivity contribution in [3.63, 3.8) is 0 Å². The summed E-state index contributed by atoms with van der Waals surface area (Å²) in [5, 5.41) is 10.6. The third-order valence-electron chi connectivity index (χ3n) is 4.20. The van der Waals surface area contributed by atoms with Crippen molar-refractivity contribution >= 4 is 17.4 Å². The first-order valence-electron chi connectivity index (χ1n) is 8.93. The zero-order chi connectivity index (χ0) is 21.7. The minimum Gasteiger partial charge on any atom is -0.497 e. The number of anilines is 2. The van der Waals surface area contributed by atoms with Gasteiger partial charge in [0.2, 0.25) is 0 Å². The highest BCUT2D eigenvalue weighted by molar-refractivity contribution is 6.03. The molecule has 0 fully saturated rings. The van der Waals surface area contributed by atoms with Gasteiger partial charge < -0.3 is 19.7 Å². The molecule has 1 heterocycles. The summed E-state index contributed by atoms with van der Waals surface area (Å²) in [4.78, 5) is 14.3. The zero-order valence-corrected chi connectivity index (χ0v) is 16.6. The number of ether oxygens (including phenoxy) is 2. The molecule has 0 spiro atoms. The molecule has 30 heavy (non-hydrogen) atoms. The Labute approximate surface area is 172 Å². The third kappa shape index (κ3) is 4.99. The van der Waals surface area contributed by atoms with Crippen molar-refractivity contribution < 1.29 is 23.0 Å². The van der Waals surface area contributed by atoms with Crippen LogP contribution in [-0.4, -0.2) is 43.9 Å². The van der Waals surface area contributed by atoms with Gasteiger partial charge in [-0.15, -0.1) is 10.2 Å². The Morgan fingerprint density at radius 3 is 2.33 bits per heavy atom. The number of carbonyl (C=O) groups is 1. The predicted molar refractivity (Wildman–Crippen MR) is 109 cm³/mol. The molecule has 0 aliphatic heterocycles. The molecule has 3 aromatic rings. The van der Waals surface area contributed by atoms with Crippen LogP contribution < -0.4 is 19.7 Å². The number of carbonyl (C=O) groups excluding carboxylic acids is 1. The molecule has 3 rings (SSSR count). The summed E-state index contributed by atoms with van der Waals surface area (Å²) in [6.45, 7) is -2.98. The molecule has 1 N–H and O–H groups in total. The second-order valence-electron chi connectivity index (χ2n) is 6.44. The van der Waals surface area contributed by atoms with Crippen LogP contribution in [0.1, 0.15) is 10.5 Å². The summed E-state index contributed by atoms with van der Waals surface area (Å²) in [5.74, 6) is 0.750. The summed E-state index contributed by atoms with van der Waals surface area (Å²) in [7, 11) is 5.16. The number of hydrogen-bond acceptors (Lipinski definition) is 6. The summed E-state index contributed by atoms with van der Waals surface area (Å²) in [6.07, 6.45) is 0. The van der Waals surface area contributed by atoms with E-state index in [1.54, 1.807) is 47.4 Å². The van der Waals surface area contributed by atoms with Gasteiger partial charge >= 0.3 is 6.61 Å². The number of methoxy groups -OCH3 is 1. The van der Waals surface area contributed by atoms with Crippen LogP contribution in [0, 0.1) is 0 Å². The van der Waals surface area contributed by atoms with Gasteiger partial charge in [-0.2, -0.15) is 8.78 Å². The maximum absolute atomic E-state index is 12.8. The average Bonchev–Trinajstić information content (AvgIpc) is 2.74. The first-order chi connectivity index (χ1) is 14.4. The van der Waals surface area contributed by atoms with Gasteiger partial charge in [0.25, 0.3) is 5.91 Å². The Balaban J connectivity index is 1.88. The van der Waals surface area contributed by atoms with Crippen LogP contribution in [0.15, 0.2) is 54.6 Å². The van der Waals surface area contributed by atoms with E-state index in [0.29, 0.717) is 28.4 Å². The standard InChI is InChI=1S/C21H20F2N4O3/c1-27(2)19-11-9-17(25-26-19)20(28)24-14-6-10-18(30-21(22)23)16(12-14)13-4-7-15(29-3)8-5-13/h4-12,21H,1-3H3,(H,24,28). The van der Waals surface area contributed by atoms with E-state index >= 15 is 0 Å². The van der Waals surface area contributed by atoms with Crippen LogP contribution in [0.4, 0.5) is 20.3 Å². The second kappa shape index (κ2) is 9.17. The van der Waals surface area contributed by atoms with Gasteiger partial charge in [0.1, 0.15) is 11.5 Å². The van der Waals surface area contributed by atoms with Crippen LogP contribution in [0.25, 0.3) is 11.1 Å². The van der Waals surface area contributed by atoms with E-state index in [4.69, 9.17) is 4.74 Å². The van der Waals surface area contributed by atoms with Gasteiger partial charge in [-0.05, 0) is 48.0 Å². The fourth-order valence-electron chi connectivity index (χ4n) is 2.68. The Hall–Kier alpha value is -3.75. The van der Waals surface area contributed by atoms with Gasteiger partial charge in [-0.3, -0.25) is 4.79 Å². The number of nitrogens with zero attached hydrogens (tertiary/aromatic N) is 3. The van der Waals surface area contributed by atoms with Crippen molar-refractivity contribution in [2.75, 3.05) is 31.4 Å². The Morgan fingerprint density at radius 1 is 1.03 bits per heavy atom. The van der Waals surface area contributed by atoms with Crippen LogP contribution in [0.5, 0.6) is 11.5 Å². The lowest BCUT2D eigenvalue weighted by Gasteiger charge is -2.14. The molecule has 2 aromatic carbocycles. The second-order valence-corrected chi connectivity index (χ2v) is 6.44. The van der Waals surface area contributed by atoms with E-state index in [-0.39, 0.29) is 11.4 Å². The van der Waals surface area contributed by atoms with E-state index in [2.05, 4.69) is 20.3 Å². The van der Waals surface area contributed by atoms with Crippen molar-refractivity contribution in [2.45, 2.75) is 6.61 Å². The van der Waals surface area contributed by atoms with Crippen molar-refractivity contribution in [3.8, 4) is 22.6 Å². The number of halogens is 2. The predicted octanol–water partition coefficient (Wildman–Crippen LogP) is 4.07. The molecule has 0 saturated carbocycles. The molecule has 0 radical (unpaired) electrons. The monoisotopic (exact) mass is 414 g/mol. The van der Waals surface area contributed by atoms with Gasteiger partial charge in [0.05, 0.1) is 7.11 Å². The van der Waals surface area contributed by atoms with Crippen molar-refractivity contribution in [3.05, 3.63) is 60.3 Å². The van der Waals surface area contributed by atoms with Gasteiger partial charge in [0.15, 0.2) is 11.5 Å². The maximum atomic E-state index is 12.8. The van der Waals surface area contributed by atoms with Crippen molar-refractivity contribution in [1.82, 2.24) is 10.2 Å². The molecule has 0 unspecified atom stereocenters. The quantitative estimate of drug-likeness (QED) is 0.628. The molecule has 9 heteroatoms.